The van der Waals surface area contributed by atoms with Gasteiger partial charge in [-0.25, -0.2) is 0 Å². The zero-order valence-corrected chi connectivity index (χ0v) is 9.72. The van der Waals surface area contributed by atoms with Gasteiger partial charge in [0.05, 0.1) is 4.92 Å². The van der Waals surface area contributed by atoms with Crippen LogP contribution in [0.2, 0.25) is 0 Å². The number of nitro groups is 1. The molecule has 18 heavy (non-hydrogen) atoms. The van der Waals surface area contributed by atoms with Gasteiger partial charge in [0.15, 0.2) is 0 Å². The van der Waals surface area contributed by atoms with E-state index in [1.54, 1.807) is 24.3 Å². The molecule has 90 valence electrons. The molecule has 1 heterocycles. The Morgan fingerprint density at radius 2 is 1.78 bits per heavy atom. The summed E-state index contributed by atoms with van der Waals surface area (Å²) in [6, 6.07) is 12.9. The topological polar surface area (TPSA) is 55.2 Å². The van der Waals surface area contributed by atoms with E-state index >= 15 is 0 Å². The van der Waals surface area contributed by atoms with Crippen molar-refractivity contribution >= 4 is 11.4 Å². The molecular formula is C14H12N2O2. The number of rotatable bonds is 2. The average Bonchev–Trinajstić information content (AvgIpc) is 2.86. The molecule has 2 aromatic rings. The van der Waals surface area contributed by atoms with Gasteiger partial charge in [0.2, 0.25) is 0 Å². The third-order valence-corrected chi connectivity index (χ3v) is 3.23. The first-order valence-corrected chi connectivity index (χ1v) is 5.86. The summed E-state index contributed by atoms with van der Waals surface area (Å²) < 4.78 is 0. The van der Waals surface area contributed by atoms with Crippen molar-refractivity contribution in [3.63, 3.8) is 0 Å². The molecule has 0 aromatic heterocycles. The third-order valence-electron chi connectivity index (χ3n) is 3.23. The molecular weight excluding hydrogens is 228 g/mol. The first kappa shape index (κ1) is 10.8. The van der Waals surface area contributed by atoms with E-state index in [0.717, 1.165) is 24.1 Å². The molecule has 4 heteroatoms. The molecule has 0 bridgehead atoms. The lowest BCUT2D eigenvalue weighted by atomic mass is 10.0. The minimum absolute atomic E-state index is 0.126. The summed E-state index contributed by atoms with van der Waals surface area (Å²) in [4.78, 5) is 10.2. The van der Waals surface area contributed by atoms with Crippen molar-refractivity contribution in [2.24, 2.45) is 0 Å². The van der Waals surface area contributed by atoms with Gasteiger partial charge >= 0.3 is 0 Å². The van der Waals surface area contributed by atoms with Gasteiger partial charge in [-0.1, -0.05) is 6.07 Å². The van der Waals surface area contributed by atoms with E-state index in [1.165, 1.54) is 11.3 Å². The van der Waals surface area contributed by atoms with Gasteiger partial charge in [0.1, 0.15) is 0 Å². The smallest absolute Gasteiger partial charge is 0.269 e. The number of hydrogen-bond acceptors (Lipinski definition) is 3. The minimum Gasteiger partial charge on any atom is -0.384 e. The van der Waals surface area contributed by atoms with Gasteiger partial charge in [0, 0.05) is 24.4 Å². The molecule has 0 saturated carbocycles. The zero-order valence-electron chi connectivity index (χ0n) is 9.72. The van der Waals surface area contributed by atoms with E-state index in [9.17, 15) is 10.1 Å². The quantitative estimate of drug-likeness (QED) is 0.647. The van der Waals surface area contributed by atoms with Crippen LogP contribution in [-0.4, -0.2) is 11.5 Å². The largest absolute Gasteiger partial charge is 0.384 e. The molecule has 3 rings (SSSR count). The molecule has 1 aliphatic rings. The number of hydrogen-bond donors (Lipinski definition) is 1. The Bertz CT molecular complexity index is 606. The van der Waals surface area contributed by atoms with Crippen LogP contribution < -0.4 is 5.32 Å². The maximum absolute atomic E-state index is 10.6. The third kappa shape index (κ3) is 1.82. The van der Waals surface area contributed by atoms with Crippen LogP contribution in [0.1, 0.15) is 5.56 Å². The summed E-state index contributed by atoms with van der Waals surface area (Å²) in [5, 5.41) is 13.9. The van der Waals surface area contributed by atoms with E-state index < -0.39 is 0 Å². The summed E-state index contributed by atoms with van der Waals surface area (Å²) in [6.45, 7) is 0.985. The summed E-state index contributed by atoms with van der Waals surface area (Å²) in [7, 11) is 0. The summed E-state index contributed by atoms with van der Waals surface area (Å²) in [6.07, 6.45) is 1.04. The first-order valence-electron chi connectivity index (χ1n) is 5.86. The van der Waals surface area contributed by atoms with E-state index in [0.29, 0.717) is 0 Å². The molecule has 0 aliphatic carbocycles. The zero-order chi connectivity index (χ0) is 12.5. The molecule has 2 aromatic carbocycles. The summed E-state index contributed by atoms with van der Waals surface area (Å²) in [5.74, 6) is 0. The summed E-state index contributed by atoms with van der Waals surface area (Å²) >= 11 is 0. The average molecular weight is 240 g/mol. The van der Waals surface area contributed by atoms with Crippen molar-refractivity contribution in [1.82, 2.24) is 0 Å². The number of nitro benzene ring substituents is 1. The van der Waals surface area contributed by atoms with Crippen LogP contribution in [0.5, 0.6) is 0 Å². The highest BCUT2D eigenvalue weighted by molar-refractivity contribution is 5.70. The second kappa shape index (κ2) is 4.14. The lowest BCUT2D eigenvalue weighted by molar-refractivity contribution is -0.384. The maximum Gasteiger partial charge on any atom is 0.269 e. The Labute approximate surface area is 104 Å². The van der Waals surface area contributed by atoms with E-state index in [2.05, 4.69) is 17.4 Å². The minimum atomic E-state index is -0.379. The van der Waals surface area contributed by atoms with Crippen LogP contribution in [0.4, 0.5) is 11.4 Å². The lowest BCUT2D eigenvalue weighted by Gasteiger charge is -2.05. The highest BCUT2D eigenvalue weighted by Gasteiger charge is 2.11. The van der Waals surface area contributed by atoms with Crippen molar-refractivity contribution in [2.45, 2.75) is 6.42 Å². The van der Waals surface area contributed by atoms with Gasteiger partial charge < -0.3 is 5.32 Å². The molecule has 0 atom stereocenters. The van der Waals surface area contributed by atoms with Gasteiger partial charge in [-0.3, -0.25) is 10.1 Å². The van der Waals surface area contributed by atoms with Crippen LogP contribution in [0.25, 0.3) is 11.1 Å². The van der Waals surface area contributed by atoms with E-state index in [-0.39, 0.29) is 10.6 Å². The normalized spacial score (nSPS) is 12.9. The van der Waals surface area contributed by atoms with E-state index in [1.807, 2.05) is 6.07 Å². The molecule has 0 unspecified atom stereocenters. The number of nitrogens with one attached hydrogen (secondary N) is 1. The second-order valence-corrected chi connectivity index (χ2v) is 4.35. The molecule has 0 spiro atoms. The number of non-ortho nitro benzene ring substituents is 1. The van der Waals surface area contributed by atoms with Gasteiger partial charge in [-0.05, 0) is 47.4 Å². The number of benzene rings is 2. The van der Waals surface area contributed by atoms with Crippen molar-refractivity contribution in [3.8, 4) is 11.1 Å². The Kier molecular flexibility index (Phi) is 2.48. The van der Waals surface area contributed by atoms with Crippen molar-refractivity contribution < 1.29 is 4.92 Å². The van der Waals surface area contributed by atoms with Crippen LogP contribution in [0.15, 0.2) is 42.5 Å². The highest BCUT2D eigenvalue weighted by atomic mass is 16.6. The molecule has 0 amide bonds. The second-order valence-electron chi connectivity index (χ2n) is 4.35. The van der Waals surface area contributed by atoms with Crippen LogP contribution in [0, 0.1) is 10.1 Å². The first-order chi connectivity index (χ1) is 8.74. The molecule has 0 saturated heterocycles. The van der Waals surface area contributed by atoms with Crippen LogP contribution >= 0.6 is 0 Å². The molecule has 1 N–H and O–H groups in total. The maximum atomic E-state index is 10.6. The molecule has 0 fully saturated rings. The molecule has 0 radical (unpaired) electrons. The van der Waals surface area contributed by atoms with Crippen LogP contribution in [0.3, 0.4) is 0 Å². The fourth-order valence-electron chi connectivity index (χ4n) is 2.26. The predicted octanol–water partition coefficient (Wildman–Crippen LogP) is 3.23. The highest BCUT2D eigenvalue weighted by Crippen LogP contribution is 2.29. The SMILES string of the molecule is O=[N+]([O-])c1ccc(-c2ccc3c(c2)CCN3)cc1. The molecule has 1 aliphatic heterocycles. The number of fused-ring (bicyclic) bond motifs is 1. The van der Waals surface area contributed by atoms with Crippen molar-refractivity contribution in [1.29, 1.82) is 0 Å². The molecule has 4 nitrogen and oxygen atoms in total. The van der Waals surface area contributed by atoms with Gasteiger partial charge in [-0.15, -0.1) is 0 Å². The van der Waals surface area contributed by atoms with Crippen molar-refractivity contribution in [3.05, 3.63) is 58.1 Å². The van der Waals surface area contributed by atoms with Crippen LogP contribution in [-0.2, 0) is 6.42 Å². The number of anilines is 1. The Morgan fingerprint density at radius 3 is 2.50 bits per heavy atom. The van der Waals surface area contributed by atoms with Gasteiger partial charge in [0.25, 0.3) is 5.69 Å². The Hall–Kier alpha value is -2.36. The summed E-state index contributed by atoms with van der Waals surface area (Å²) in [5.41, 5.74) is 4.75. The lowest BCUT2D eigenvalue weighted by Crippen LogP contribution is -1.90. The van der Waals surface area contributed by atoms with Gasteiger partial charge in [-0.2, -0.15) is 0 Å². The van der Waals surface area contributed by atoms with Crippen molar-refractivity contribution in [2.75, 3.05) is 11.9 Å². The Balaban J connectivity index is 1.97. The standard InChI is InChI=1S/C14H12N2O2/c17-16(18)13-4-1-10(2-5-13)11-3-6-14-12(9-11)7-8-15-14/h1-6,9,15H,7-8H2. The Morgan fingerprint density at radius 1 is 1.06 bits per heavy atom. The number of nitrogens with zero attached hydrogens (tertiary/aromatic N) is 1. The van der Waals surface area contributed by atoms with E-state index in [4.69, 9.17) is 0 Å². The monoisotopic (exact) mass is 240 g/mol. The predicted molar refractivity (Wildman–Crippen MR) is 70.7 cm³/mol. The fourth-order valence-corrected chi connectivity index (χ4v) is 2.26. The fraction of sp³-hybridized carbons (Fsp3) is 0.143.